The van der Waals surface area contributed by atoms with Crippen LogP contribution in [0.3, 0.4) is 0 Å². The summed E-state index contributed by atoms with van der Waals surface area (Å²) in [4.78, 5) is 24.4. The number of hydrogen-bond donors (Lipinski definition) is 2. The monoisotopic (exact) mass is 582 g/mol. The first-order valence-corrected chi connectivity index (χ1v) is 14.9. The zero-order valence-corrected chi connectivity index (χ0v) is 24.4. The third kappa shape index (κ3) is 7.10. The van der Waals surface area contributed by atoms with Crippen molar-refractivity contribution < 1.29 is 4.79 Å². The number of rotatable bonds is 9. The van der Waals surface area contributed by atoms with E-state index in [0.29, 0.717) is 18.7 Å². The van der Waals surface area contributed by atoms with Crippen LogP contribution in [0.5, 0.6) is 0 Å². The number of nitrogens with zero attached hydrogens (tertiary/aromatic N) is 6. The van der Waals surface area contributed by atoms with Gasteiger partial charge in [-0.25, -0.2) is 9.78 Å². The van der Waals surface area contributed by atoms with Gasteiger partial charge in [-0.05, 0) is 73.2 Å². The number of benzene rings is 2. The molecular weight excluding hydrogens is 548 g/mol. The van der Waals surface area contributed by atoms with Crippen molar-refractivity contribution >= 4 is 17.5 Å². The molecule has 0 aliphatic heterocycles. The van der Waals surface area contributed by atoms with Crippen LogP contribution in [-0.2, 0) is 13.1 Å². The SMILES string of the molecule is N#Cc1ccc(N[C@H]2CC[C@H](N(C(=O)NCc3ccccc3)c3ccc(-c4cnn(Cc5ccccn5)c4)cc3)CC2)nc1. The first-order valence-electron chi connectivity index (χ1n) is 14.9. The second-order valence-corrected chi connectivity index (χ2v) is 11.0. The van der Waals surface area contributed by atoms with Gasteiger partial charge < -0.3 is 10.6 Å². The van der Waals surface area contributed by atoms with Gasteiger partial charge in [-0.2, -0.15) is 10.4 Å². The summed E-state index contributed by atoms with van der Waals surface area (Å²) in [5.41, 5.74) is 5.46. The van der Waals surface area contributed by atoms with Gasteiger partial charge in [-0.15, -0.1) is 0 Å². The summed E-state index contributed by atoms with van der Waals surface area (Å²) in [7, 11) is 0. The standard InChI is InChI=1S/C35H34N8O/c36-20-27-9-18-34(38-22-27)41-30-12-16-33(17-13-30)43(35(44)39-21-26-6-2-1-3-7-26)32-14-10-28(11-15-32)29-23-40-42(24-29)25-31-8-4-5-19-37-31/h1-11,14-15,18-19,22-24,30,33H,12-13,16-17,21,25H2,(H,38,41)(H,39,44)/t30-,33-. The van der Waals surface area contributed by atoms with E-state index in [2.05, 4.69) is 43.9 Å². The maximum absolute atomic E-state index is 13.7. The number of carbonyl (C=O) groups excluding carboxylic acids is 1. The number of carbonyl (C=O) groups is 1. The molecule has 0 atom stereocenters. The number of hydrogen-bond acceptors (Lipinski definition) is 6. The Hall–Kier alpha value is -5.49. The number of amides is 2. The fraction of sp³-hybridized carbons (Fsp3) is 0.229. The maximum Gasteiger partial charge on any atom is 0.322 e. The van der Waals surface area contributed by atoms with Crippen LogP contribution >= 0.6 is 0 Å². The minimum atomic E-state index is -0.102. The van der Waals surface area contributed by atoms with E-state index >= 15 is 0 Å². The molecule has 0 unspecified atom stereocenters. The Bertz CT molecular complexity index is 1690. The summed E-state index contributed by atoms with van der Waals surface area (Å²) in [6, 6.07) is 29.9. The largest absolute Gasteiger partial charge is 0.367 e. The fourth-order valence-corrected chi connectivity index (χ4v) is 5.66. The summed E-state index contributed by atoms with van der Waals surface area (Å²) in [5.74, 6) is 0.767. The minimum absolute atomic E-state index is 0.0599. The molecule has 6 rings (SSSR count). The highest BCUT2D eigenvalue weighted by Crippen LogP contribution is 2.31. The predicted molar refractivity (Wildman–Crippen MR) is 171 cm³/mol. The van der Waals surface area contributed by atoms with Crippen LogP contribution in [0.4, 0.5) is 16.3 Å². The average molecular weight is 583 g/mol. The van der Waals surface area contributed by atoms with E-state index in [1.165, 1.54) is 0 Å². The van der Waals surface area contributed by atoms with E-state index in [1.807, 2.05) is 88.7 Å². The molecule has 220 valence electrons. The molecule has 0 saturated heterocycles. The number of aromatic nitrogens is 4. The Kier molecular flexibility index (Phi) is 8.88. The topological polar surface area (TPSA) is 112 Å². The van der Waals surface area contributed by atoms with E-state index in [4.69, 9.17) is 5.26 Å². The van der Waals surface area contributed by atoms with Gasteiger partial charge in [0.25, 0.3) is 0 Å². The Morgan fingerprint density at radius 2 is 1.68 bits per heavy atom. The van der Waals surface area contributed by atoms with Gasteiger partial charge in [0.2, 0.25) is 0 Å². The van der Waals surface area contributed by atoms with Gasteiger partial charge in [-0.1, -0.05) is 48.5 Å². The van der Waals surface area contributed by atoms with Crippen molar-refractivity contribution in [1.82, 2.24) is 25.1 Å². The number of pyridine rings is 2. The zero-order valence-electron chi connectivity index (χ0n) is 24.4. The van der Waals surface area contributed by atoms with Crippen molar-refractivity contribution in [1.29, 1.82) is 5.26 Å². The molecule has 1 aliphatic carbocycles. The Labute approximate surface area is 257 Å². The molecule has 0 bridgehead atoms. The van der Waals surface area contributed by atoms with E-state index in [0.717, 1.165) is 59.6 Å². The number of anilines is 2. The fourth-order valence-electron chi connectivity index (χ4n) is 5.66. The number of nitrogens with one attached hydrogen (secondary N) is 2. The molecule has 9 nitrogen and oxygen atoms in total. The molecule has 5 aromatic rings. The molecule has 44 heavy (non-hydrogen) atoms. The minimum Gasteiger partial charge on any atom is -0.367 e. The summed E-state index contributed by atoms with van der Waals surface area (Å²) < 4.78 is 1.88. The van der Waals surface area contributed by atoms with Crippen LogP contribution in [0.2, 0.25) is 0 Å². The lowest BCUT2D eigenvalue weighted by atomic mass is 9.89. The van der Waals surface area contributed by atoms with Crippen LogP contribution in [0.25, 0.3) is 11.1 Å². The van der Waals surface area contributed by atoms with Gasteiger partial charge in [-0.3, -0.25) is 14.6 Å². The quantitative estimate of drug-likeness (QED) is 0.208. The van der Waals surface area contributed by atoms with Crippen LogP contribution in [0.1, 0.15) is 42.5 Å². The second-order valence-electron chi connectivity index (χ2n) is 11.0. The summed E-state index contributed by atoms with van der Waals surface area (Å²) >= 11 is 0. The summed E-state index contributed by atoms with van der Waals surface area (Å²) in [6.45, 7) is 1.07. The van der Waals surface area contributed by atoms with Gasteiger partial charge in [0, 0.05) is 48.5 Å². The summed E-state index contributed by atoms with van der Waals surface area (Å²) in [6.07, 6.45) is 10.8. The second kappa shape index (κ2) is 13.7. The van der Waals surface area contributed by atoms with Crippen molar-refractivity contribution in [3.05, 3.63) is 127 Å². The van der Waals surface area contributed by atoms with E-state index in [-0.39, 0.29) is 18.1 Å². The highest BCUT2D eigenvalue weighted by Gasteiger charge is 2.30. The first-order chi connectivity index (χ1) is 21.6. The molecule has 3 heterocycles. The normalized spacial score (nSPS) is 16.1. The summed E-state index contributed by atoms with van der Waals surface area (Å²) in [5, 5.41) is 20.2. The molecule has 1 saturated carbocycles. The predicted octanol–water partition coefficient (Wildman–Crippen LogP) is 6.40. The molecule has 1 fully saturated rings. The van der Waals surface area contributed by atoms with Gasteiger partial charge in [0.15, 0.2) is 0 Å². The van der Waals surface area contributed by atoms with Gasteiger partial charge in [0.1, 0.15) is 11.9 Å². The molecule has 2 aromatic carbocycles. The third-order valence-corrected chi connectivity index (χ3v) is 7.97. The third-order valence-electron chi connectivity index (χ3n) is 7.97. The van der Waals surface area contributed by atoms with Crippen molar-refractivity contribution in [3.8, 4) is 17.2 Å². The average Bonchev–Trinajstić information content (AvgIpc) is 3.55. The van der Waals surface area contributed by atoms with Gasteiger partial charge in [0.05, 0.1) is 24.0 Å². The van der Waals surface area contributed by atoms with Crippen LogP contribution in [0, 0.1) is 11.3 Å². The molecule has 2 amide bonds. The Balaban J connectivity index is 1.15. The Morgan fingerprint density at radius 1 is 0.886 bits per heavy atom. The van der Waals surface area contributed by atoms with Crippen molar-refractivity contribution in [2.45, 2.75) is 50.9 Å². The highest BCUT2D eigenvalue weighted by molar-refractivity contribution is 5.93. The van der Waals surface area contributed by atoms with E-state index in [1.54, 1.807) is 18.5 Å². The van der Waals surface area contributed by atoms with Crippen molar-refractivity contribution in [2.75, 3.05) is 10.2 Å². The molecular formula is C35H34N8O. The molecule has 3 aromatic heterocycles. The lowest BCUT2D eigenvalue weighted by Crippen LogP contribution is -2.48. The first kappa shape index (κ1) is 28.6. The van der Waals surface area contributed by atoms with Gasteiger partial charge >= 0.3 is 6.03 Å². The molecule has 9 heteroatoms. The maximum atomic E-state index is 13.7. The number of nitriles is 1. The smallest absolute Gasteiger partial charge is 0.322 e. The van der Waals surface area contributed by atoms with E-state index < -0.39 is 0 Å². The van der Waals surface area contributed by atoms with Crippen molar-refractivity contribution in [2.24, 2.45) is 0 Å². The molecule has 0 radical (unpaired) electrons. The molecule has 2 N–H and O–H groups in total. The lowest BCUT2D eigenvalue weighted by Gasteiger charge is -2.37. The molecule has 0 spiro atoms. The van der Waals surface area contributed by atoms with Crippen LogP contribution in [-0.4, -0.2) is 37.9 Å². The van der Waals surface area contributed by atoms with Crippen LogP contribution in [0.15, 0.2) is 110 Å². The van der Waals surface area contributed by atoms with Crippen molar-refractivity contribution in [3.63, 3.8) is 0 Å². The van der Waals surface area contributed by atoms with Crippen LogP contribution < -0.4 is 15.5 Å². The number of urea groups is 1. The highest BCUT2D eigenvalue weighted by atomic mass is 16.2. The Morgan fingerprint density at radius 3 is 2.39 bits per heavy atom. The molecule has 1 aliphatic rings. The van der Waals surface area contributed by atoms with E-state index in [9.17, 15) is 4.79 Å². The lowest BCUT2D eigenvalue weighted by molar-refractivity contribution is 0.240. The zero-order chi connectivity index (χ0) is 30.1.